The Balaban J connectivity index is 1.35. The summed E-state index contributed by atoms with van der Waals surface area (Å²) in [6, 6.07) is 22.7. The topological polar surface area (TPSA) is 85.7 Å². The number of anilines is 1. The maximum atomic E-state index is 13.5. The van der Waals surface area contributed by atoms with Crippen LogP contribution in [0.15, 0.2) is 72.8 Å². The fourth-order valence-electron chi connectivity index (χ4n) is 4.76. The van der Waals surface area contributed by atoms with Gasteiger partial charge in [-0.25, -0.2) is 4.68 Å². The standard InChI is InChI=1S/C32H36N4O4/c1-32(2,3)28-21-29(36(34-28)22-23-9-5-4-6-10-23)33-31(38)30(37)26-13-14-27(25-12-8-7-11-24(25)26)40-20-17-35-15-18-39-19-16-35/h4-14,21H,15-20,22H2,1-3H3,(H,33,38). The van der Waals surface area contributed by atoms with Gasteiger partial charge in [0.1, 0.15) is 18.2 Å². The Labute approximate surface area is 234 Å². The molecule has 1 aromatic heterocycles. The lowest BCUT2D eigenvalue weighted by atomic mass is 9.92. The third kappa shape index (κ3) is 6.41. The van der Waals surface area contributed by atoms with E-state index in [1.54, 1.807) is 16.8 Å². The largest absolute Gasteiger partial charge is 0.492 e. The molecule has 5 rings (SSSR count). The number of morpholine rings is 1. The van der Waals surface area contributed by atoms with Crippen LogP contribution >= 0.6 is 0 Å². The molecule has 8 nitrogen and oxygen atoms in total. The number of hydrogen-bond acceptors (Lipinski definition) is 6. The van der Waals surface area contributed by atoms with Gasteiger partial charge in [0.05, 0.1) is 25.5 Å². The molecular weight excluding hydrogens is 504 g/mol. The first-order valence-electron chi connectivity index (χ1n) is 13.7. The van der Waals surface area contributed by atoms with Gasteiger partial charge < -0.3 is 14.8 Å². The summed E-state index contributed by atoms with van der Waals surface area (Å²) >= 11 is 0. The summed E-state index contributed by atoms with van der Waals surface area (Å²) in [5, 5.41) is 9.06. The number of rotatable bonds is 9. The molecule has 0 spiro atoms. The van der Waals surface area contributed by atoms with Crippen LogP contribution in [0, 0.1) is 0 Å². The van der Waals surface area contributed by atoms with Gasteiger partial charge >= 0.3 is 0 Å². The molecule has 1 saturated heterocycles. The van der Waals surface area contributed by atoms with Crippen molar-refractivity contribution in [3.63, 3.8) is 0 Å². The van der Waals surface area contributed by atoms with Crippen molar-refractivity contribution in [1.29, 1.82) is 0 Å². The number of nitrogens with zero attached hydrogens (tertiary/aromatic N) is 3. The van der Waals surface area contributed by atoms with Crippen LogP contribution in [0.4, 0.5) is 5.82 Å². The summed E-state index contributed by atoms with van der Waals surface area (Å²) < 4.78 is 13.3. The summed E-state index contributed by atoms with van der Waals surface area (Å²) in [4.78, 5) is 29.1. The Hall–Kier alpha value is -4.01. The van der Waals surface area contributed by atoms with E-state index < -0.39 is 11.7 Å². The minimum atomic E-state index is -0.708. The molecule has 1 amide bonds. The first-order valence-corrected chi connectivity index (χ1v) is 13.7. The van der Waals surface area contributed by atoms with E-state index >= 15 is 0 Å². The Bertz CT molecular complexity index is 1480. The van der Waals surface area contributed by atoms with Crippen LogP contribution in [0.1, 0.15) is 42.4 Å². The molecule has 0 saturated carbocycles. The van der Waals surface area contributed by atoms with E-state index in [1.807, 2.05) is 60.7 Å². The third-order valence-electron chi connectivity index (χ3n) is 7.07. The van der Waals surface area contributed by atoms with E-state index in [4.69, 9.17) is 14.6 Å². The molecular formula is C32H36N4O4. The molecule has 8 heteroatoms. The highest BCUT2D eigenvalue weighted by molar-refractivity contribution is 6.48. The first kappa shape index (κ1) is 27.6. The number of carbonyl (C=O) groups excluding carboxylic acids is 2. The summed E-state index contributed by atoms with van der Waals surface area (Å²) in [6.45, 7) is 11.3. The SMILES string of the molecule is CC(C)(C)c1cc(NC(=O)C(=O)c2ccc(OCCN3CCOCC3)c3ccccc23)n(Cc2ccccc2)n1. The second-order valence-corrected chi connectivity index (χ2v) is 11.1. The van der Waals surface area contributed by atoms with Crippen molar-refractivity contribution >= 4 is 28.3 Å². The lowest BCUT2D eigenvalue weighted by molar-refractivity contribution is -0.112. The van der Waals surface area contributed by atoms with Crippen LogP contribution < -0.4 is 10.1 Å². The van der Waals surface area contributed by atoms with Crippen LogP contribution in [0.5, 0.6) is 5.75 Å². The number of benzene rings is 3. The number of ketones is 1. The highest BCUT2D eigenvalue weighted by atomic mass is 16.5. The van der Waals surface area contributed by atoms with Crippen LogP contribution in [-0.2, 0) is 21.5 Å². The monoisotopic (exact) mass is 540 g/mol. The molecule has 40 heavy (non-hydrogen) atoms. The highest BCUT2D eigenvalue weighted by Crippen LogP contribution is 2.30. The van der Waals surface area contributed by atoms with E-state index in [0.717, 1.165) is 49.5 Å². The van der Waals surface area contributed by atoms with Gasteiger partial charge in [0.25, 0.3) is 11.7 Å². The van der Waals surface area contributed by atoms with Crippen molar-refractivity contribution in [2.45, 2.75) is 32.7 Å². The molecule has 0 unspecified atom stereocenters. The molecule has 0 bridgehead atoms. The number of nitrogens with one attached hydrogen (secondary N) is 1. The summed E-state index contributed by atoms with van der Waals surface area (Å²) in [7, 11) is 0. The summed E-state index contributed by atoms with van der Waals surface area (Å²) in [5.41, 5.74) is 1.98. The molecule has 2 heterocycles. The van der Waals surface area contributed by atoms with E-state index in [2.05, 4.69) is 31.0 Å². The Morgan fingerprint density at radius 2 is 1.65 bits per heavy atom. The van der Waals surface area contributed by atoms with Gasteiger partial charge in [-0.1, -0.05) is 75.4 Å². The van der Waals surface area contributed by atoms with Crippen molar-refractivity contribution < 1.29 is 19.1 Å². The molecule has 1 aliphatic heterocycles. The summed E-state index contributed by atoms with van der Waals surface area (Å²) in [5.74, 6) is -0.141. The number of Topliss-reactive ketones (excluding diaryl/α,β-unsaturated/α-hetero) is 1. The zero-order valence-electron chi connectivity index (χ0n) is 23.4. The van der Waals surface area contributed by atoms with Gasteiger partial charge in [-0.3, -0.25) is 14.5 Å². The van der Waals surface area contributed by atoms with Gasteiger partial charge in [0.15, 0.2) is 0 Å². The number of aromatic nitrogens is 2. The Morgan fingerprint density at radius 1 is 0.950 bits per heavy atom. The minimum Gasteiger partial charge on any atom is -0.492 e. The number of ether oxygens (including phenoxy) is 2. The lowest BCUT2D eigenvalue weighted by Gasteiger charge is -2.26. The zero-order valence-corrected chi connectivity index (χ0v) is 23.4. The average molecular weight is 541 g/mol. The van der Waals surface area contributed by atoms with Crippen LogP contribution in [0.3, 0.4) is 0 Å². The maximum absolute atomic E-state index is 13.5. The minimum absolute atomic E-state index is 0.223. The normalized spacial score (nSPS) is 14.3. The van der Waals surface area contributed by atoms with Crippen LogP contribution in [0.25, 0.3) is 10.8 Å². The van der Waals surface area contributed by atoms with Crippen LogP contribution in [0.2, 0.25) is 0 Å². The Morgan fingerprint density at radius 3 is 2.38 bits per heavy atom. The fourth-order valence-corrected chi connectivity index (χ4v) is 4.76. The van der Waals surface area contributed by atoms with Crippen molar-refractivity contribution in [3.05, 3.63) is 89.6 Å². The van der Waals surface area contributed by atoms with E-state index in [0.29, 0.717) is 35.7 Å². The second-order valence-electron chi connectivity index (χ2n) is 11.1. The molecule has 4 aromatic rings. The number of hydrogen-bond donors (Lipinski definition) is 1. The second kappa shape index (κ2) is 12.0. The average Bonchev–Trinajstić information content (AvgIpc) is 3.36. The van der Waals surface area contributed by atoms with Crippen molar-refractivity contribution in [3.8, 4) is 5.75 Å². The van der Waals surface area contributed by atoms with Crippen LogP contribution in [-0.4, -0.2) is 65.8 Å². The van der Waals surface area contributed by atoms with Gasteiger partial charge in [0, 0.05) is 42.1 Å². The van der Waals surface area contributed by atoms with Gasteiger partial charge in [-0.15, -0.1) is 0 Å². The van der Waals surface area contributed by atoms with Gasteiger partial charge in [-0.2, -0.15) is 5.10 Å². The van der Waals surface area contributed by atoms with E-state index in [1.165, 1.54) is 0 Å². The quantitative estimate of drug-likeness (QED) is 0.240. The predicted molar refractivity (Wildman–Crippen MR) is 156 cm³/mol. The van der Waals surface area contributed by atoms with Crippen molar-refractivity contribution in [1.82, 2.24) is 14.7 Å². The zero-order chi connectivity index (χ0) is 28.1. The fraction of sp³-hybridized carbons (Fsp3) is 0.344. The van der Waals surface area contributed by atoms with E-state index in [9.17, 15) is 9.59 Å². The molecule has 1 N–H and O–H groups in total. The van der Waals surface area contributed by atoms with Gasteiger partial charge in [-0.05, 0) is 23.1 Å². The highest BCUT2D eigenvalue weighted by Gasteiger charge is 2.25. The van der Waals surface area contributed by atoms with Crippen molar-refractivity contribution in [2.24, 2.45) is 0 Å². The number of carbonyl (C=O) groups is 2. The molecule has 0 atom stereocenters. The molecule has 0 aliphatic carbocycles. The lowest BCUT2D eigenvalue weighted by Crippen LogP contribution is -2.38. The smallest absolute Gasteiger partial charge is 0.297 e. The van der Waals surface area contributed by atoms with Crippen molar-refractivity contribution in [2.75, 3.05) is 44.8 Å². The number of fused-ring (bicyclic) bond motifs is 1. The molecule has 208 valence electrons. The van der Waals surface area contributed by atoms with Gasteiger partial charge in [0.2, 0.25) is 0 Å². The Kier molecular flexibility index (Phi) is 8.28. The predicted octanol–water partition coefficient (Wildman–Crippen LogP) is 4.91. The maximum Gasteiger partial charge on any atom is 0.297 e. The molecule has 1 aliphatic rings. The summed E-state index contributed by atoms with van der Waals surface area (Å²) in [6.07, 6.45) is 0. The molecule has 3 aromatic carbocycles. The van der Waals surface area contributed by atoms with E-state index in [-0.39, 0.29) is 5.41 Å². The molecule has 1 fully saturated rings. The molecule has 0 radical (unpaired) electrons. The number of amides is 1. The third-order valence-corrected chi connectivity index (χ3v) is 7.07. The first-order chi connectivity index (χ1) is 19.3.